The Morgan fingerprint density at radius 1 is 1.21 bits per heavy atom. The van der Waals surface area contributed by atoms with E-state index in [1.165, 1.54) is 0 Å². The lowest BCUT2D eigenvalue weighted by Crippen LogP contribution is -2.29. The Balaban J connectivity index is 1.56. The Kier molecular flexibility index (Phi) is 5.71. The second kappa shape index (κ2) is 8.56. The van der Waals surface area contributed by atoms with Crippen LogP contribution in [0.3, 0.4) is 0 Å². The zero-order chi connectivity index (χ0) is 19.3. The van der Waals surface area contributed by atoms with Crippen LogP contribution in [0.2, 0.25) is 0 Å². The van der Waals surface area contributed by atoms with Crippen molar-refractivity contribution in [1.82, 2.24) is 15.3 Å². The smallest absolute Gasteiger partial charge is 0.252 e. The van der Waals surface area contributed by atoms with Crippen molar-refractivity contribution in [3.05, 3.63) is 53.9 Å². The number of fused-ring (bicyclic) bond motifs is 2. The minimum Gasteiger partial charge on any atom is -0.490 e. The highest BCUT2D eigenvalue weighted by Crippen LogP contribution is 2.30. The molecule has 4 rings (SSSR count). The fourth-order valence-corrected chi connectivity index (χ4v) is 3.67. The van der Waals surface area contributed by atoms with Gasteiger partial charge in [-0.2, -0.15) is 11.8 Å². The van der Waals surface area contributed by atoms with Gasteiger partial charge in [0.1, 0.15) is 5.82 Å². The summed E-state index contributed by atoms with van der Waals surface area (Å²) in [6.45, 7) is 1.22. The number of hydrogen-bond donors (Lipinski definition) is 2. The lowest BCUT2D eigenvalue weighted by Gasteiger charge is -2.17. The summed E-state index contributed by atoms with van der Waals surface area (Å²) in [7, 11) is 0. The summed E-state index contributed by atoms with van der Waals surface area (Å²) in [6, 6.07) is 13.0. The Morgan fingerprint density at radius 2 is 2.04 bits per heavy atom. The first kappa shape index (κ1) is 18.7. The van der Waals surface area contributed by atoms with Crippen molar-refractivity contribution in [2.24, 2.45) is 0 Å². The Bertz CT molecular complexity index is 939. The second-order valence-electron chi connectivity index (χ2n) is 6.66. The van der Waals surface area contributed by atoms with E-state index in [4.69, 9.17) is 9.47 Å². The van der Waals surface area contributed by atoms with Crippen molar-refractivity contribution in [2.45, 2.75) is 18.9 Å². The van der Waals surface area contributed by atoms with Crippen molar-refractivity contribution >= 4 is 28.7 Å². The van der Waals surface area contributed by atoms with Gasteiger partial charge in [0.2, 0.25) is 0 Å². The SMILES string of the molecule is CSCC[C@@H](NC(=O)c1ccc2c(c1)OCCCO2)c1nc2ccccc2[nH]1. The molecule has 1 amide bonds. The molecular formula is C21H23N3O3S. The summed E-state index contributed by atoms with van der Waals surface area (Å²) in [6.07, 6.45) is 3.68. The maximum atomic E-state index is 12.9. The molecule has 146 valence electrons. The van der Waals surface area contributed by atoms with E-state index >= 15 is 0 Å². The fraction of sp³-hybridized carbons (Fsp3) is 0.333. The van der Waals surface area contributed by atoms with E-state index in [1.54, 1.807) is 30.0 Å². The van der Waals surface area contributed by atoms with Crippen molar-refractivity contribution in [3.63, 3.8) is 0 Å². The molecule has 0 spiro atoms. The summed E-state index contributed by atoms with van der Waals surface area (Å²) < 4.78 is 11.4. The van der Waals surface area contributed by atoms with Gasteiger partial charge < -0.3 is 19.8 Å². The molecule has 3 aromatic rings. The van der Waals surface area contributed by atoms with E-state index in [1.807, 2.05) is 24.3 Å². The first-order valence-electron chi connectivity index (χ1n) is 9.38. The Hall–Kier alpha value is -2.67. The number of rotatable bonds is 6. The molecule has 2 N–H and O–H groups in total. The molecule has 0 aliphatic carbocycles. The molecule has 0 radical (unpaired) electrons. The van der Waals surface area contributed by atoms with Gasteiger partial charge in [0, 0.05) is 12.0 Å². The third-order valence-corrected chi connectivity index (χ3v) is 5.31. The maximum Gasteiger partial charge on any atom is 0.252 e. The zero-order valence-electron chi connectivity index (χ0n) is 15.7. The van der Waals surface area contributed by atoms with Crippen LogP contribution in [0.15, 0.2) is 42.5 Å². The minimum absolute atomic E-state index is 0.151. The van der Waals surface area contributed by atoms with Gasteiger partial charge in [0.25, 0.3) is 5.91 Å². The van der Waals surface area contributed by atoms with Gasteiger partial charge >= 0.3 is 0 Å². The number of imidazole rings is 1. The number of hydrogen-bond acceptors (Lipinski definition) is 5. The highest BCUT2D eigenvalue weighted by atomic mass is 32.2. The van der Waals surface area contributed by atoms with Crippen LogP contribution >= 0.6 is 11.8 Å². The van der Waals surface area contributed by atoms with E-state index in [0.29, 0.717) is 30.3 Å². The number of para-hydroxylation sites is 2. The average Bonchev–Trinajstić information content (AvgIpc) is 3.01. The molecule has 0 unspecified atom stereocenters. The van der Waals surface area contributed by atoms with Gasteiger partial charge in [-0.1, -0.05) is 12.1 Å². The quantitative estimate of drug-likeness (QED) is 0.659. The van der Waals surface area contributed by atoms with Crippen LogP contribution in [0, 0.1) is 0 Å². The van der Waals surface area contributed by atoms with Crippen molar-refractivity contribution in [3.8, 4) is 11.5 Å². The van der Waals surface area contributed by atoms with Crippen molar-refractivity contribution in [1.29, 1.82) is 0 Å². The second-order valence-corrected chi connectivity index (χ2v) is 7.64. The van der Waals surface area contributed by atoms with Crippen LogP contribution < -0.4 is 14.8 Å². The van der Waals surface area contributed by atoms with E-state index in [0.717, 1.165) is 35.5 Å². The van der Waals surface area contributed by atoms with Crippen LogP contribution in [-0.4, -0.2) is 41.1 Å². The van der Waals surface area contributed by atoms with E-state index < -0.39 is 0 Å². The highest BCUT2D eigenvalue weighted by molar-refractivity contribution is 7.98. The van der Waals surface area contributed by atoms with Gasteiger partial charge in [-0.3, -0.25) is 4.79 Å². The van der Waals surface area contributed by atoms with Crippen LogP contribution in [0.5, 0.6) is 11.5 Å². The van der Waals surface area contributed by atoms with Gasteiger partial charge in [-0.05, 0) is 48.8 Å². The number of carbonyl (C=O) groups excluding carboxylic acids is 1. The van der Waals surface area contributed by atoms with Crippen LogP contribution in [-0.2, 0) is 0 Å². The third kappa shape index (κ3) is 4.09. The number of thioether (sulfide) groups is 1. The Morgan fingerprint density at radius 3 is 2.86 bits per heavy atom. The molecule has 0 fully saturated rings. The molecule has 0 saturated heterocycles. The average molecular weight is 398 g/mol. The molecule has 1 atom stereocenters. The monoisotopic (exact) mass is 397 g/mol. The molecule has 1 aromatic heterocycles. The number of aromatic amines is 1. The summed E-state index contributed by atoms with van der Waals surface area (Å²) >= 11 is 1.75. The molecule has 7 heteroatoms. The number of H-pyrrole nitrogens is 1. The lowest BCUT2D eigenvalue weighted by atomic mass is 10.1. The van der Waals surface area contributed by atoms with Gasteiger partial charge in [-0.25, -0.2) is 4.98 Å². The standard InChI is InChI=1S/C21H23N3O3S/c1-28-12-9-17(20-22-15-5-2-3-6-16(15)23-20)24-21(25)14-7-8-18-19(13-14)27-11-4-10-26-18/h2-3,5-8,13,17H,4,9-12H2,1H3,(H,22,23)(H,24,25)/t17-/m1/s1. The molecule has 1 aliphatic rings. The highest BCUT2D eigenvalue weighted by Gasteiger charge is 2.20. The van der Waals surface area contributed by atoms with Crippen LogP contribution in [0.25, 0.3) is 11.0 Å². The molecule has 0 bridgehead atoms. The summed E-state index contributed by atoms with van der Waals surface area (Å²) in [5.41, 5.74) is 2.42. The summed E-state index contributed by atoms with van der Waals surface area (Å²) in [4.78, 5) is 20.9. The van der Waals surface area contributed by atoms with Gasteiger partial charge in [0.15, 0.2) is 11.5 Å². The molecule has 2 heterocycles. The van der Waals surface area contributed by atoms with E-state index in [2.05, 4.69) is 21.5 Å². The number of nitrogens with one attached hydrogen (secondary N) is 2. The number of benzene rings is 2. The molecule has 2 aromatic carbocycles. The largest absolute Gasteiger partial charge is 0.490 e. The predicted octanol–water partition coefficient (Wildman–Crippen LogP) is 3.95. The van der Waals surface area contributed by atoms with Crippen LogP contribution in [0.4, 0.5) is 0 Å². The normalized spacial score (nSPS) is 14.5. The first-order chi connectivity index (χ1) is 13.7. The lowest BCUT2D eigenvalue weighted by molar-refractivity contribution is 0.0933. The Labute approximate surface area is 168 Å². The van der Waals surface area contributed by atoms with Crippen molar-refractivity contribution in [2.75, 3.05) is 25.2 Å². The predicted molar refractivity (Wildman–Crippen MR) is 111 cm³/mol. The van der Waals surface area contributed by atoms with Gasteiger partial charge in [0.05, 0.1) is 30.3 Å². The zero-order valence-corrected chi connectivity index (χ0v) is 16.6. The van der Waals surface area contributed by atoms with Crippen molar-refractivity contribution < 1.29 is 14.3 Å². The topological polar surface area (TPSA) is 76.2 Å². The number of carbonyl (C=O) groups is 1. The summed E-state index contributed by atoms with van der Waals surface area (Å²) in [5, 5.41) is 3.13. The maximum absolute atomic E-state index is 12.9. The molecule has 1 aliphatic heterocycles. The third-order valence-electron chi connectivity index (χ3n) is 4.66. The van der Waals surface area contributed by atoms with Gasteiger partial charge in [-0.15, -0.1) is 0 Å². The number of amides is 1. The molecule has 28 heavy (non-hydrogen) atoms. The molecular weight excluding hydrogens is 374 g/mol. The number of ether oxygens (including phenoxy) is 2. The minimum atomic E-state index is -0.191. The van der Waals surface area contributed by atoms with Crippen LogP contribution in [0.1, 0.15) is 35.1 Å². The first-order valence-corrected chi connectivity index (χ1v) is 10.8. The number of aromatic nitrogens is 2. The molecule has 6 nitrogen and oxygen atoms in total. The fourth-order valence-electron chi connectivity index (χ4n) is 3.20. The summed E-state index contributed by atoms with van der Waals surface area (Å²) in [5.74, 6) is 2.85. The number of nitrogens with zero attached hydrogens (tertiary/aromatic N) is 1. The van der Waals surface area contributed by atoms with E-state index in [-0.39, 0.29) is 11.9 Å². The van der Waals surface area contributed by atoms with E-state index in [9.17, 15) is 4.79 Å². The molecule has 0 saturated carbocycles.